The molecule has 4 unspecified atom stereocenters. The maximum Gasteiger partial charge on any atom is 0.511 e. The lowest BCUT2D eigenvalue weighted by molar-refractivity contribution is -0.373. The van der Waals surface area contributed by atoms with Gasteiger partial charge in [0, 0.05) is 13.0 Å². The molecule has 0 spiro atoms. The Hall–Kier alpha value is -3.78. The van der Waals surface area contributed by atoms with E-state index in [0.29, 0.717) is 6.92 Å². The van der Waals surface area contributed by atoms with Gasteiger partial charge in [-0.15, -0.1) is 0 Å². The van der Waals surface area contributed by atoms with Crippen LogP contribution in [-0.2, 0) is 64.2 Å². The summed E-state index contributed by atoms with van der Waals surface area (Å²) in [6.45, 7) is 7.21. The van der Waals surface area contributed by atoms with Crippen LogP contribution in [0.15, 0.2) is 30.3 Å². The van der Waals surface area contributed by atoms with Crippen molar-refractivity contribution in [3.63, 3.8) is 0 Å². The summed E-state index contributed by atoms with van der Waals surface area (Å²) in [5.41, 5.74) is -18.4. The molecule has 0 saturated heterocycles. The molecule has 0 aliphatic rings. The molecule has 0 aliphatic carbocycles. The number of aliphatic hydroxyl groups excluding tert-OH is 1. The number of esters is 4. The molecule has 15 nitrogen and oxygen atoms in total. The lowest BCUT2D eigenvalue weighted by Crippen LogP contribution is -2.58. The summed E-state index contributed by atoms with van der Waals surface area (Å²) in [7, 11) is -5.87. The molecule has 0 amide bonds. The van der Waals surface area contributed by atoms with E-state index in [1.807, 2.05) is 0 Å². The topological polar surface area (TPSA) is 210 Å². The van der Waals surface area contributed by atoms with Gasteiger partial charge in [0.05, 0.1) is 41.5 Å². The number of benzene rings is 1. The molecule has 0 bridgehead atoms. The molecule has 4 atom stereocenters. The van der Waals surface area contributed by atoms with E-state index in [9.17, 15) is 77.3 Å². The van der Waals surface area contributed by atoms with Gasteiger partial charge in [0.25, 0.3) is 5.60 Å². The van der Waals surface area contributed by atoms with E-state index < -0.39 is 150 Å². The van der Waals surface area contributed by atoms with Gasteiger partial charge in [-0.25, -0.2) is 13.1 Å². The van der Waals surface area contributed by atoms with Crippen LogP contribution in [-0.4, -0.2) is 117 Å². The van der Waals surface area contributed by atoms with Gasteiger partial charge < -0.3 is 38.6 Å². The summed E-state index contributed by atoms with van der Waals surface area (Å²) in [5, 5.41) is 19.1. The van der Waals surface area contributed by atoms with Crippen molar-refractivity contribution < 1.29 is 106 Å². The first-order valence-corrected chi connectivity index (χ1v) is 21.8. The molecule has 0 radical (unpaired) electrons. The van der Waals surface area contributed by atoms with Crippen LogP contribution in [0, 0.1) is 21.7 Å². The molecule has 0 saturated carbocycles. The van der Waals surface area contributed by atoms with Crippen LogP contribution in [0.2, 0.25) is 0 Å². The fourth-order valence-electron chi connectivity index (χ4n) is 7.08. The quantitative estimate of drug-likeness (QED) is 0.0272. The van der Waals surface area contributed by atoms with Crippen molar-refractivity contribution in [3.05, 3.63) is 35.9 Å². The summed E-state index contributed by atoms with van der Waals surface area (Å²) < 4.78 is 177. The van der Waals surface area contributed by atoms with Crippen molar-refractivity contribution in [1.82, 2.24) is 4.72 Å². The van der Waals surface area contributed by atoms with Gasteiger partial charge in [0.1, 0.15) is 25.9 Å². The summed E-state index contributed by atoms with van der Waals surface area (Å²) in [5.74, 6) is -6.26. The van der Waals surface area contributed by atoms with Gasteiger partial charge in [-0.05, 0) is 86.6 Å². The zero-order chi connectivity index (χ0) is 51.4. The highest BCUT2D eigenvalue weighted by Gasteiger charge is 2.71. The van der Waals surface area contributed by atoms with Crippen LogP contribution < -0.4 is 4.72 Å². The fourth-order valence-corrected chi connectivity index (χ4v) is 7.59. The first-order chi connectivity index (χ1) is 29.8. The number of rotatable bonds is 27. The smallest absolute Gasteiger partial charge is 0.464 e. The van der Waals surface area contributed by atoms with Crippen molar-refractivity contribution in [2.75, 3.05) is 39.6 Å². The van der Waals surface area contributed by atoms with Crippen LogP contribution >= 0.6 is 0 Å². The highest BCUT2D eigenvalue weighted by atomic mass is 32.2. The van der Waals surface area contributed by atoms with Gasteiger partial charge in [-0.3, -0.25) is 19.2 Å². The largest absolute Gasteiger partial charge is 0.511 e. The van der Waals surface area contributed by atoms with Crippen LogP contribution in [0.25, 0.3) is 0 Å². The molecule has 0 aliphatic heterocycles. The Morgan fingerprint density at radius 2 is 1.15 bits per heavy atom. The third kappa shape index (κ3) is 17.1. The number of hydrogen-bond donors (Lipinski definition) is 3. The van der Waals surface area contributed by atoms with E-state index >= 15 is 0 Å². The van der Waals surface area contributed by atoms with Crippen LogP contribution in [0.5, 0.6) is 0 Å². The highest BCUT2D eigenvalue weighted by molar-refractivity contribution is 7.90. The normalized spacial score (nSPS) is 16.5. The number of carbonyl (C=O) groups is 4. The Balaban J connectivity index is 3.75. The first kappa shape index (κ1) is 60.2. The van der Waals surface area contributed by atoms with E-state index in [2.05, 4.69) is 0 Å². The monoisotopic (exact) mass is 993 g/mol. The van der Waals surface area contributed by atoms with Crippen molar-refractivity contribution in [1.29, 1.82) is 0 Å². The number of carbonyl (C=O) groups excluding carboxylic acids is 4. The molecule has 0 aromatic heterocycles. The lowest BCUT2D eigenvalue weighted by atomic mass is 9.61. The van der Waals surface area contributed by atoms with Crippen LogP contribution in [0.3, 0.4) is 0 Å². The number of hydrogen-bond acceptors (Lipinski definition) is 14. The van der Waals surface area contributed by atoms with Crippen molar-refractivity contribution in [2.24, 2.45) is 21.7 Å². The van der Waals surface area contributed by atoms with Crippen molar-refractivity contribution in [3.8, 4) is 0 Å². The van der Waals surface area contributed by atoms with Crippen molar-refractivity contribution >= 4 is 33.9 Å². The average molecular weight is 994 g/mol. The Bertz CT molecular complexity index is 1860. The summed E-state index contributed by atoms with van der Waals surface area (Å²) in [4.78, 5) is 55.4. The molecule has 1 aromatic carbocycles. The fraction of sp³-hybridized carbons (Fsp3) is 0.756. The number of ether oxygens (including phenoxy) is 6. The molecule has 0 fully saturated rings. The van der Waals surface area contributed by atoms with E-state index in [1.54, 1.807) is 44.2 Å². The molecule has 382 valence electrons. The van der Waals surface area contributed by atoms with Crippen LogP contribution in [0.1, 0.15) is 100.0 Å². The second-order valence-electron chi connectivity index (χ2n) is 17.7. The molecule has 66 heavy (non-hydrogen) atoms. The standard InChI is InChI=1S/C41H60F9NO14S/c1-10-35(7,30(54)61-19-17-52)25-37(9,31(55)62-20-21-63-34(5,6)64-23-28-14-12-11-13-15-28)26-36(8,32(56)65-27(2)22-38(57,39(42,43)44)40(45,46)47)24-33(3,4)29(53)60-18-16-51-66(58,59)41(48,49)50/h11-15,27,51-52,57H,10,16-26H2,1-9H3. The van der Waals surface area contributed by atoms with Crippen LogP contribution in [0.4, 0.5) is 39.5 Å². The predicted octanol–water partition coefficient (Wildman–Crippen LogP) is 6.82. The minimum atomic E-state index is -6.32. The van der Waals surface area contributed by atoms with Gasteiger partial charge in [-0.2, -0.15) is 39.5 Å². The maximum atomic E-state index is 14.3. The molecule has 25 heteroatoms. The van der Waals surface area contributed by atoms with E-state index in [-0.39, 0.29) is 19.6 Å². The average Bonchev–Trinajstić information content (AvgIpc) is 3.17. The summed E-state index contributed by atoms with van der Waals surface area (Å²) in [6.07, 6.45) is -19.6. The van der Waals surface area contributed by atoms with Gasteiger partial charge in [0.15, 0.2) is 5.79 Å². The number of aliphatic hydroxyl groups is 2. The number of alkyl halides is 9. The molecule has 0 heterocycles. The second kappa shape index (κ2) is 23.0. The SMILES string of the molecule is CCC(C)(CC(C)(CC(C)(CC(C)(C)C(=O)OCCNS(=O)(=O)C(F)(F)F)C(=O)OC(C)CC(O)(C(F)(F)F)C(F)(F)F)C(=O)OCCOC(C)(C)OCc1ccccc1)C(=O)OCCO. The molecule has 3 N–H and O–H groups in total. The highest BCUT2D eigenvalue weighted by Crippen LogP contribution is 2.51. The zero-order valence-electron chi connectivity index (χ0n) is 38.1. The number of sulfonamides is 1. The zero-order valence-corrected chi connectivity index (χ0v) is 38.9. The van der Waals surface area contributed by atoms with E-state index in [4.69, 9.17) is 28.4 Å². The number of nitrogens with one attached hydrogen (secondary N) is 1. The molecular weight excluding hydrogens is 933 g/mol. The third-order valence-electron chi connectivity index (χ3n) is 10.5. The lowest BCUT2D eigenvalue weighted by Gasteiger charge is -2.43. The minimum absolute atomic E-state index is 0.0717. The molecular formula is C41H60F9NO14S. The third-order valence-corrected chi connectivity index (χ3v) is 11.7. The second-order valence-corrected chi connectivity index (χ2v) is 19.5. The first-order valence-electron chi connectivity index (χ1n) is 20.3. The predicted molar refractivity (Wildman–Crippen MR) is 214 cm³/mol. The molecule has 1 rings (SSSR count). The van der Waals surface area contributed by atoms with E-state index in [0.717, 1.165) is 31.1 Å². The Morgan fingerprint density at radius 3 is 1.65 bits per heavy atom. The maximum absolute atomic E-state index is 14.3. The Labute approximate surface area is 377 Å². The minimum Gasteiger partial charge on any atom is -0.464 e. The Morgan fingerprint density at radius 1 is 0.667 bits per heavy atom. The summed E-state index contributed by atoms with van der Waals surface area (Å²) >= 11 is 0. The molecule has 1 aromatic rings. The van der Waals surface area contributed by atoms with Crippen molar-refractivity contribution in [2.45, 2.75) is 136 Å². The van der Waals surface area contributed by atoms with Gasteiger partial charge in [-0.1, -0.05) is 37.3 Å². The number of halogens is 9. The van der Waals surface area contributed by atoms with Gasteiger partial charge >= 0.3 is 51.8 Å². The summed E-state index contributed by atoms with van der Waals surface area (Å²) in [6, 6.07) is 8.99. The van der Waals surface area contributed by atoms with Gasteiger partial charge in [0.2, 0.25) is 0 Å². The van der Waals surface area contributed by atoms with E-state index in [1.165, 1.54) is 20.8 Å². The Kier molecular flexibility index (Phi) is 21.0.